The zero-order valence-electron chi connectivity index (χ0n) is 9.21. The third-order valence-electron chi connectivity index (χ3n) is 2.10. The first-order valence-corrected chi connectivity index (χ1v) is 5.90. The maximum absolute atomic E-state index is 11.6. The number of anilines is 1. The largest absolute Gasteiger partial charge is 0.364 e. The molecule has 0 spiro atoms. The molecule has 0 bridgehead atoms. The number of thiophene rings is 1. The number of H-pyrrole nitrogens is 1. The van der Waals surface area contributed by atoms with Gasteiger partial charge in [0.25, 0.3) is 5.91 Å². The number of nitrogens with zero attached hydrogens (tertiary/aromatic N) is 1. The molecule has 4 N–H and O–H groups in total. The number of nitrogens with two attached hydrogens (primary N) is 1. The smallest absolute Gasteiger partial charge is 0.271 e. The van der Waals surface area contributed by atoms with Gasteiger partial charge in [0.15, 0.2) is 11.5 Å². The summed E-state index contributed by atoms with van der Waals surface area (Å²) < 4.78 is 0. The Morgan fingerprint density at radius 1 is 1.50 bits per heavy atom. The molecule has 0 atom stereocenters. The van der Waals surface area contributed by atoms with Crippen LogP contribution in [0.15, 0.2) is 36.1 Å². The van der Waals surface area contributed by atoms with Crippen molar-refractivity contribution in [3.8, 4) is 0 Å². The molecular weight excluding hydrogens is 252 g/mol. The second-order valence-corrected chi connectivity index (χ2v) is 4.26. The summed E-state index contributed by atoms with van der Waals surface area (Å²) in [5, 5.41) is 4.58. The summed E-state index contributed by atoms with van der Waals surface area (Å²) in [6.07, 6.45) is 4.15. The van der Waals surface area contributed by atoms with Crippen molar-refractivity contribution < 1.29 is 9.59 Å². The highest BCUT2D eigenvalue weighted by molar-refractivity contribution is 7.12. The van der Waals surface area contributed by atoms with Gasteiger partial charge in [-0.15, -0.1) is 11.3 Å². The summed E-state index contributed by atoms with van der Waals surface area (Å²) in [6.45, 7) is 0. The summed E-state index contributed by atoms with van der Waals surface area (Å²) in [6, 6.07) is 3.54. The van der Waals surface area contributed by atoms with Crippen molar-refractivity contribution in [2.75, 3.05) is 5.32 Å². The summed E-state index contributed by atoms with van der Waals surface area (Å²) in [4.78, 5) is 29.7. The minimum absolute atomic E-state index is 0.100. The van der Waals surface area contributed by atoms with Crippen LogP contribution in [0.3, 0.4) is 0 Å². The fraction of sp³-hybridized carbons (Fsp3) is 0. The normalized spacial score (nSPS) is 10.7. The van der Waals surface area contributed by atoms with Crippen molar-refractivity contribution in [3.63, 3.8) is 0 Å². The fourth-order valence-electron chi connectivity index (χ4n) is 1.29. The van der Waals surface area contributed by atoms with Crippen molar-refractivity contribution in [2.45, 2.75) is 0 Å². The van der Waals surface area contributed by atoms with Gasteiger partial charge in [-0.3, -0.25) is 9.59 Å². The predicted molar refractivity (Wildman–Crippen MR) is 68.5 cm³/mol. The Hall–Kier alpha value is -2.41. The monoisotopic (exact) mass is 262 g/mol. The second kappa shape index (κ2) is 5.28. The van der Waals surface area contributed by atoms with Crippen molar-refractivity contribution in [3.05, 3.63) is 46.7 Å². The molecule has 0 saturated carbocycles. The number of allylic oxidation sites excluding steroid dienone is 1. The molecule has 0 saturated heterocycles. The third kappa shape index (κ3) is 2.64. The molecule has 6 nitrogen and oxygen atoms in total. The van der Waals surface area contributed by atoms with Crippen LogP contribution in [0.4, 0.5) is 5.82 Å². The van der Waals surface area contributed by atoms with Gasteiger partial charge in [-0.1, -0.05) is 6.07 Å². The zero-order valence-corrected chi connectivity index (χ0v) is 10.0. The number of amides is 1. The van der Waals surface area contributed by atoms with Crippen LogP contribution < -0.4 is 11.1 Å². The molecule has 92 valence electrons. The molecule has 2 heterocycles. The van der Waals surface area contributed by atoms with Crippen LogP contribution in [0.2, 0.25) is 0 Å². The molecule has 0 aliphatic rings. The first-order chi connectivity index (χ1) is 8.68. The molecule has 0 aromatic carbocycles. The van der Waals surface area contributed by atoms with Gasteiger partial charge in [-0.25, -0.2) is 4.98 Å². The number of aromatic nitrogens is 2. The summed E-state index contributed by atoms with van der Waals surface area (Å²) in [7, 11) is 0. The van der Waals surface area contributed by atoms with E-state index >= 15 is 0 Å². The Kier molecular flexibility index (Phi) is 3.54. The van der Waals surface area contributed by atoms with Crippen LogP contribution in [0, 0.1) is 0 Å². The van der Waals surface area contributed by atoms with Gasteiger partial charge in [0, 0.05) is 12.3 Å². The lowest BCUT2D eigenvalue weighted by Crippen LogP contribution is -2.13. The topological polar surface area (TPSA) is 101 Å². The third-order valence-corrected chi connectivity index (χ3v) is 2.98. The van der Waals surface area contributed by atoms with E-state index in [-0.39, 0.29) is 11.5 Å². The van der Waals surface area contributed by atoms with Crippen molar-refractivity contribution in [1.29, 1.82) is 0 Å². The number of carbonyl (C=O) groups is 2. The van der Waals surface area contributed by atoms with Gasteiger partial charge in [0.1, 0.15) is 5.82 Å². The Bertz CT molecular complexity index is 586. The zero-order chi connectivity index (χ0) is 13.0. The molecule has 0 unspecified atom stereocenters. The lowest BCUT2D eigenvalue weighted by Gasteiger charge is -1.97. The molecule has 2 aromatic heterocycles. The molecule has 0 aliphatic carbocycles. The van der Waals surface area contributed by atoms with E-state index in [1.807, 2.05) is 5.38 Å². The summed E-state index contributed by atoms with van der Waals surface area (Å²) >= 11 is 1.36. The van der Waals surface area contributed by atoms with E-state index in [2.05, 4.69) is 15.3 Å². The van der Waals surface area contributed by atoms with E-state index in [0.717, 1.165) is 0 Å². The van der Waals surface area contributed by atoms with E-state index in [9.17, 15) is 9.59 Å². The molecule has 1 amide bonds. The quantitative estimate of drug-likeness (QED) is 0.559. The molecule has 2 aromatic rings. The number of nitrogens with one attached hydrogen (secondary N) is 2. The first kappa shape index (κ1) is 12.1. The maximum Gasteiger partial charge on any atom is 0.271 e. The maximum atomic E-state index is 11.6. The van der Waals surface area contributed by atoms with Gasteiger partial charge >= 0.3 is 0 Å². The molecule has 2 rings (SSSR count). The highest BCUT2D eigenvalue weighted by Gasteiger charge is 2.09. The summed E-state index contributed by atoms with van der Waals surface area (Å²) in [5.74, 6) is -0.396. The lowest BCUT2D eigenvalue weighted by atomic mass is 10.3. The second-order valence-electron chi connectivity index (χ2n) is 3.31. The SMILES string of the molecule is NC(=O)c1nc[nH]c1N/C=C/C(=O)c1cccs1. The van der Waals surface area contributed by atoms with E-state index in [1.165, 1.54) is 29.9 Å². The fourth-order valence-corrected chi connectivity index (χ4v) is 1.94. The van der Waals surface area contributed by atoms with E-state index in [4.69, 9.17) is 5.73 Å². The molecule has 7 heteroatoms. The first-order valence-electron chi connectivity index (χ1n) is 5.02. The van der Waals surface area contributed by atoms with Crippen LogP contribution in [0.1, 0.15) is 20.2 Å². The number of ketones is 1. The van der Waals surface area contributed by atoms with Gasteiger partial charge in [-0.2, -0.15) is 0 Å². The van der Waals surface area contributed by atoms with E-state index in [0.29, 0.717) is 10.7 Å². The number of primary amides is 1. The van der Waals surface area contributed by atoms with Gasteiger partial charge in [0.2, 0.25) is 0 Å². The standard InChI is InChI=1S/C11H10N4O2S/c12-10(17)9-11(15-6-14-9)13-4-3-7(16)8-2-1-5-18-8/h1-6,13H,(H2,12,17)(H,14,15)/b4-3+. The Balaban J connectivity index is 2.01. The van der Waals surface area contributed by atoms with Gasteiger partial charge < -0.3 is 16.0 Å². The highest BCUT2D eigenvalue weighted by atomic mass is 32.1. The Labute approximate surface area is 107 Å². The van der Waals surface area contributed by atoms with Crippen molar-refractivity contribution in [1.82, 2.24) is 9.97 Å². The molecule has 18 heavy (non-hydrogen) atoms. The highest BCUT2D eigenvalue weighted by Crippen LogP contribution is 2.11. The molecular formula is C11H10N4O2S. The average molecular weight is 262 g/mol. The van der Waals surface area contributed by atoms with Crippen LogP contribution in [-0.4, -0.2) is 21.7 Å². The van der Waals surface area contributed by atoms with E-state index in [1.54, 1.807) is 12.1 Å². The van der Waals surface area contributed by atoms with Crippen molar-refractivity contribution in [2.24, 2.45) is 5.73 Å². The minimum Gasteiger partial charge on any atom is -0.364 e. The van der Waals surface area contributed by atoms with Crippen LogP contribution in [0.5, 0.6) is 0 Å². The van der Waals surface area contributed by atoms with Crippen LogP contribution in [-0.2, 0) is 0 Å². The number of aromatic amines is 1. The summed E-state index contributed by atoms with van der Waals surface area (Å²) in [5.41, 5.74) is 5.22. The molecule has 0 radical (unpaired) electrons. The number of carbonyl (C=O) groups excluding carboxylic acids is 2. The van der Waals surface area contributed by atoms with Crippen molar-refractivity contribution >= 4 is 28.8 Å². The molecule has 0 fully saturated rings. The lowest BCUT2D eigenvalue weighted by molar-refractivity contribution is 0.0996. The number of imidazole rings is 1. The molecule has 0 aliphatic heterocycles. The van der Waals surface area contributed by atoms with Gasteiger partial charge in [-0.05, 0) is 11.4 Å². The minimum atomic E-state index is -0.642. The van der Waals surface area contributed by atoms with Crippen LogP contribution in [0.25, 0.3) is 0 Å². The Morgan fingerprint density at radius 2 is 2.33 bits per heavy atom. The average Bonchev–Trinajstić information content (AvgIpc) is 2.99. The van der Waals surface area contributed by atoms with E-state index < -0.39 is 5.91 Å². The Morgan fingerprint density at radius 3 is 3.00 bits per heavy atom. The number of hydrogen-bond acceptors (Lipinski definition) is 5. The van der Waals surface area contributed by atoms with Crippen LogP contribution >= 0.6 is 11.3 Å². The number of rotatable bonds is 5. The van der Waals surface area contributed by atoms with Gasteiger partial charge in [0.05, 0.1) is 11.2 Å². The number of hydrogen-bond donors (Lipinski definition) is 3. The predicted octanol–water partition coefficient (Wildman–Crippen LogP) is 1.38.